The third kappa shape index (κ3) is 2.80. The molecule has 0 aromatic heterocycles. The minimum absolute atomic E-state index is 0.00983. The molecule has 3 amide bonds. The lowest BCUT2D eigenvalue weighted by Gasteiger charge is -2.45. The van der Waals surface area contributed by atoms with Gasteiger partial charge >= 0.3 is 6.18 Å². The van der Waals surface area contributed by atoms with E-state index in [0.717, 1.165) is 23.8 Å². The van der Waals surface area contributed by atoms with E-state index in [1.165, 1.54) is 12.1 Å². The van der Waals surface area contributed by atoms with Gasteiger partial charge in [-0.3, -0.25) is 14.4 Å². The molecule has 3 aliphatic heterocycles. The minimum Gasteiger partial charge on any atom is -0.364 e. The number of nitriles is 1. The number of hydrogen-bond donors (Lipinski definition) is 0. The SMILES string of the molecule is C[C@]12CN(C(=O)C3CC3)C[C@](C)(O1)[C@@H]1C(=O)N(c3ccc(C#N)c(C(F)(F)F)c3)C(=O)[C@@H]12. The maximum atomic E-state index is 13.4. The number of ether oxygens (including phenoxy) is 1. The molecule has 5 rings (SSSR count). The predicted octanol–water partition coefficient (Wildman–Crippen LogP) is 2.48. The molecule has 0 spiro atoms. The number of carbonyl (C=O) groups is 3. The molecule has 7 nitrogen and oxygen atoms in total. The molecule has 0 radical (unpaired) electrons. The van der Waals surface area contributed by atoms with Crippen molar-refractivity contribution in [3.63, 3.8) is 0 Å². The molecule has 0 N–H and O–H groups in total. The summed E-state index contributed by atoms with van der Waals surface area (Å²) in [6.45, 7) is 3.65. The van der Waals surface area contributed by atoms with Gasteiger partial charge in [0.15, 0.2) is 0 Å². The first kappa shape index (κ1) is 20.9. The molecule has 4 aliphatic rings. The number of fused-ring (bicyclic) bond motifs is 5. The van der Waals surface area contributed by atoms with Crippen LogP contribution in [0.1, 0.15) is 37.8 Å². The number of carbonyl (C=O) groups excluding carboxylic acids is 3. The Bertz CT molecular complexity index is 1070. The highest BCUT2D eigenvalue weighted by Crippen LogP contribution is 2.56. The standard InChI is InChI=1S/C22H20F3N3O4/c1-20-9-27(17(29)11-3-4-11)10-21(2,32-20)16-15(20)18(30)28(19(16)31)13-6-5-12(8-26)14(7-13)22(23,24)25/h5-7,11,15-16H,3-4,9-10H2,1-2H3/t15-,16+,20-,21+. The van der Waals surface area contributed by atoms with Gasteiger partial charge in [0.2, 0.25) is 17.7 Å². The van der Waals surface area contributed by atoms with Crippen LogP contribution in [0.4, 0.5) is 18.9 Å². The number of nitrogens with zero attached hydrogens (tertiary/aromatic N) is 3. The molecule has 1 saturated carbocycles. The van der Waals surface area contributed by atoms with Crippen molar-refractivity contribution >= 4 is 23.4 Å². The second-order valence-corrected chi connectivity index (χ2v) is 9.50. The van der Waals surface area contributed by atoms with Crippen molar-refractivity contribution < 1.29 is 32.3 Å². The van der Waals surface area contributed by atoms with Gasteiger partial charge < -0.3 is 9.64 Å². The summed E-state index contributed by atoms with van der Waals surface area (Å²) >= 11 is 0. The van der Waals surface area contributed by atoms with Gasteiger partial charge in [-0.25, -0.2) is 4.90 Å². The van der Waals surface area contributed by atoms with Crippen molar-refractivity contribution in [3.8, 4) is 6.07 Å². The zero-order chi connectivity index (χ0) is 23.2. The number of morpholine rings is 1. The topological polar surface area (TPSA) is 90.7 Å². The predicted molar refractivity (Wildman–Crippen MR) is 103 cm³/mol. The van der Waals surface area contributed by atoms with Gasteiger partial charge in [-0.1, -0.05) is 0 Å². The first-order valence-corrected chi connectivity index (χ1v) is 10.4. The van der Waals surface area contributed by atoms with Crippen molar-refractivity contribution in [1.82, 2.24) is 4.90 Å². The van der Waals surface area contributed by atoms with Crippen LogP contribution >= 0.6 is 0 Å². The third-order valence-corrected chi connectivity index (χ3v) is 7.02. The van der Waals surface area contributed by atoms with Crippen molar-refractivity contribution in [2.75, 3.05) is 18.0 Å². The highest BCUT2D eigenvalue weighted by Gasteiger charge is 2.72. The maximum absolute atomic E-state index is 13.4. The number of halogens is 3. The van der Waals surface area contributed by atoms with E-state index in [2.05, 4.69) is 0 Å². The van der Waals surface area contributed by atoms with E-state index in [0.29, 0.717) is 6.07 Å². The molecular weight excluding hydrogens is 427 g/mol. The lowest BCUT2D eigenvalue weighted by atomic mass is 9.79. The van der Waals surface area contributed by atoms with Crippen LogP contribution in [-0.4, -0.2) is 46.9 Å². The van der Waals surface area contributed by atoms with E-state index in [1.54, 1.807) is 18.7 Å². The van der Waals surface area contributed by atoms with E-state index >= 15 is 0 Å². The van der Waals surface area contributed by atoms with Gasteiger partial charge in [0.25, 0.3) is 0 Å². The molecular formula is C22H20F3N3O4. The van der Waals surface area contributed by atoms with Gasteiger partial charge in [-0.05, 0) is 44.9 Å². The maximum Gasteiger partial charge on any atom is 0.417 e. The number of alkyl halides is 3. The minimum atomic E-state index is -4.82. The molecule has 3 saturated heterocycles. The van der Waals surface area contributed by atoms with Crippen LogP contribution in [0.5, 0.6) is 0 Å². The van der Waals surface area contributed by atoms with Crippen LogP contribution in [0.3, 0.4) is 0 Å². The number of rotatable bonds is 2. The first-order chi connectivity index (χ1) is 14.9. The fourth-order valence-corrected chi connectivity index (χ4v) is 5.64. The Kier molecular flexibility index (Phi) is 4.13. The number of hydrogen-bond acceptors (Lipinski definition) is 5. The van der Waals surface area contributed by atoms with Crippen molar-refractivity contribution in [2.24, 2.45) is 17.8 Å². The number of anilines is 1. The molecule has 1 aromatic rings. The molecule has 10 heteroatoms. The molecule has 3 heterocycles. The average molecular weight is 447 g/mol. The van der Waals surface area contributed by atoms with Crippen LogP contribution in [0.15, 0.2) is 18.2 Å². The molecule has 1 aliphatic carbocycles. The highest BCUT2D eigenvalue weighted by atomic mass is 19.4. The fraction of sp³-hybridized carbons (Fsp3) is 0.545. The van der Waals surface area contributed by atoms with E-state index < -0.39 is 52.2 Å². The summed E-state index contributed by atoms with van der Waals surface area (Å²) in [5.74, 6) is -3.16. The zero-order valence-corrected chi connectivity index (χ0v) is 17.4. The second kappa shape index (κ2) is 6.32. The molecule has 32 heavy (non-hydrogen) atoms. The number of benzene rings is 1. The summed E-state index contributed by atoms with van der Waals surface area (Å²) in [6, 6.07) is 4.29. The normalized spacial score (nSPS) is 34.0. The summed E-state index contributed by atoms with van der Waals surface area (Å²) in [7, 11) is 0. The number of amides is 3. The Balaban J connectivity index is 1.53. The van der Waals surface area contributed by atoms with Crippen LogP contribution in [0, 0.1) is 29.1 Å². The van der Waals surface area contributed by atoms with Crippen LogP contribution in [0.25, 0.3) is 0 Å². The van der Waals surface area contributed by atoms with Crippen molar-refractivity contribution in [3.05, 3.63) is 29.3 Å². The molecule has 168 valence electrons. The van der Waals surface area contributed by atoms with Crippen molar-refractivity contribution in [1.29, 1.82) is 5.26 Å². The summed E-state index contributed by atoms with van der Waals surface area (Å²) < 4.78 is 46.5. The second-order valence-electron chi connectivity index (χ2n) is 9.50. The third-order valence-electron chi connectivity index (χ3n) is 7.02. The number of likely N-dealkylation sites (tertiary alicyclic amines) is 1. The summed E-state index contributed by atoms with van der Waals surface area (Å²) in [6.07, 6.45) is -3.17. The van der Waals surface area contributed by atoms with E-state index in [9.17, 15) is 27.6 Å². The molecule has 2 bridgehead atoms. The summed E-state index contributed by atoms with van der Waals surface area (Å²) in [5.41, 5.74) is -4.26. The highest BCUT2D eigenvalue weighted by molar-refractivity contribution is 6.23. The molecule has 1 aromatic carbocycles. The monoisotopic (exact) mass is 447 g/mol. The Morgan fingerprint density at radius 3 is 2.16 bits per heavy atom. The Morgan fingerprint density at radius 2 is 1.69 bits per heavy atom. The van der Waals surface area contributed by atoms with Gasteiger partial charge in [-0.15, -0.1) is 0 Å². The Labute approximate surface area is 181 Å². The molecule has 4 atom stereocenters. The van der Waals surface area contributed by atoms with Gasteiger partial charge in [-0.2, -0.15) is 18.4 Å². The first-order valence-electron chi connectivity index (χ1n) is 10.4. The zero-order valence-electron chi connectivity index (χ0n) is 17.4. The van der Waals surface area contributed by atoms with E-state index in [-0.39, 0.29) is 30.6 Å². The van der Waals surface area contributed by atoms with E-state index in [1.807, 2.05) is 0 Å². The van der Waals surface area contributed by atoms with Gasteiger partial charge in [0.05, 0.1) is 59.0 Å². The summed E-state index contributed by atoms with van der Waals surface area (Å²) in [4.78, 5) is 41.9. The molecule has 4 fully saturated rings. The van der Waals surface area contributed by atoms with Crippen LogP contribution < -0.4 is 4.90 Å². The number of imide groups is 1. The van der Waals surface area contributed by atoms with Gasteiger partial charge in [0.1, 0.15) is 0 Å². The van der Waals surface area contributed by atoms with Gasteiger partial charge in [0, 0.05) is 5.92 Å². The fourth-order valence-electron chi connectivity index (χ4n) is 5.64. The smallest absolute Gasteiger partial charge is 0.364 e. The Hall–Kier alpha value is -2.93. The van der Waals surface area contributed by atoms with Crippen molar-refractivity contribution in [2.45, 2.75) is 44.1 Å². The van der Waals surface area contributed by atoms with Crippen LogP contribution in [-0.2, 0) is 25.3 Å². The average Bonchev–Trinajstić information content (AvgIpc) is 3.48. The van der Waals surface area contributed by atoms with Crippen LogP contribution in [0.2, 0.25) is 0 Å². The lowest BCUT2D eigenvalue weighted by Crippen LogP contribution is -2.59. The summed E-state index contributed by atoms with van der Waals surface area (Å²) in [5, 5.41) is 9.02. The lowest BCUT2D eigenvalue weighted by molar-refractivity contribution is -0.179. The Morgan fingerprint density at radius 1 is 1.12 bits per heavy atom. The van der Waals surface area contributed by atoms with E-state index in [4.69, 9.17) is 10.00 Å². The molecule has 0 unspecified atom stereocenters. The quantitative estimate of drug-likeness (QED) is 0.650. The largest absolute Gasteiger partial charge is 0.417 e.